The van der Waals surface area contributed by atoms with E-state index in [-0.39, 0.29) is 16.9 Å². The highest BCUT2D eigenvalue weighted by atomic mass is 19.1. The van der Waals surface area contributed by atoms with Crippen molar-refractivity contribution in [1.82, 2.24) is 0 Å². The Kier molecular flexibility index (Phi) is 6.41. The number of carbonyl (C=O) groups is 1. The first-order valence-electron chi connectivity index (χ1n) is 7.57. The first kappa shape index (κ1) is 18.3. The van der Waals surface area contributed by atoms with Gasteiger partial charge in [-0.05, 0) is 31.2 Å². The van der Waals surface area contributed by atoms with E-state index in [9.17, 15) is 19.3 Å². The maximum absolute atomic E-state index is 13.8. The third-order valence-corrected chi connectivity index (χ3v) is 3.21. The predicted molar refractivity (Wildman–Crippen MR) is 89.4 cm³/mol. The minimum Gasteiger partial charge on any atom is -0.491 e. The molecule has 7 nitrogen and oxygen atoms in total. The number of non-ortho nitro benzene ring substituents is 1. The van der Waals surface area contributed by atoms with Crippen molar-refractivity contribution in [3.05, 3.63) is 64.0 Å². The van der Waals surface area contributed by atoms with Crippen molar-refractivity contribution in [2.24, 2.45) is 0 Å². The molecular weight excluding hydrogens is 331 g/mol. The summed E-state index contributed by atoms with van der Waals surface area (Å²) in [6, 6.07) is 9.25. The molecule has 0 fully saturated rings. The van der Waals surface area contributed by atoms with Crippen molar-refractivity contribution in [3.63, 3.8) is 0 Å². The highest BCUT2D eigenvalue weighted by Gasteiger charge is 2.14. The molecule has 0 unspecified atom stereocenters. The Hall–Kier alpha value is -3.00. The Morgan fingerprint density at radius 1 is 1.24 bits per heavy atom. The fourth-order valence-corrected chi connectivity index (χ4v) is 2.01. The Labute approximate surface area is 143 Å². The summed E-state index contributed by atoms with van der Waals surface area (Å²) in [5.74, 6) is -0.899. The minimum absolute atomic E-state index is 0.236. The normalized spacial score (nSPS) is 10.3. The van der Waals surface area contributed by atoms with Gasteiger partial charge in [0.15, 0.2) is 0 Å². The van der Waals surface area contributed by atoms with E-state index in [1.807, 2.05) is 6.92 Å². The molecule has 25 heavy (non-hydrogen) atoms. The van der Waals surface area contributed by atoms with E-state index in [0.29, 0.717) is 25.6 Å². The number of ether oxygens (including phenoxy) is 2. The molecule has 0 bridgehead atoms. The lowest BCUT2D eigenvalue weighted by atomic mass is 10.2. The maximum Gasteiger partial charge on any atom is 0.271 e. The molecule has 2 aromatic carbocycles. The second kappa shape index (κ2) is 8.74. The lowest BCUT2D eigenvalue weighted by Gasteiger charge is -2.09. The molecule has 0 aliphatic heterocycles. The van der Waals surface area contributed by atoms with E-state index in [0.717, 1.165) is 18.2 Å². The van der Waals surface area contributed by atoms with Crippen LogP contribution in [0, 0.1) is 15.9 Å². The number of hydrogen-bond acceptors (Lipinski definition) is 5. The molecule has 1 amide bonds. The van der Waals surface area contributed by atoms with Crippen molar-refractivity contribution in [2.45, 2.75) is 6.92 Å². The van der Waals surface area contributed by atoms with Crippen LogP contribution in [0.25, 0.3) is 0 Å². The standard InChI is InChI=1S/C17H17FN2O5/c1-2-24-8-9-25-14-5-3-4-12(10-14)17(21)19-16-11-13(20(22)23)6-7-15(16)18/h3-7,10-11H,2,8-9H2,1H3,(H,19,21). The van der Waals surface area contributed by atoms with Crippen molar-refractivity contribution < 1.29 is 23.6 Å². The molecule has 0 heterocycles. The average molecular weight is 348 g/mol. The lowest BCUT2D eigenvalue weighted by molar-refractivity contribution is -0.384. The summed E-state index contributed by atoms with van der Waals surface area (Å²) in [6.07, 6.45) is 0. The second-order valence-electron chi connectivity index (χ2n) is 4.95. The van der Waals surface area contributed by atoms with Crippen LogP contribution in [0.2, 0.25) is 0 Å². The second-order valence-corrected chi connectivity index (χ2v) is 4.95. The fraction of sp³-hybridized carbons (Fsp3) is 0.235. The van der Waals surface area contributed by atoms with Gasteiger partial charge in [0.1, 0.15) is 18.2 Å². The van der Waals surface area contributed by atoms with Gasteiger partial charge >= 0.3 is 0 Å². The zero-order chi connectivity index (χ0) is 18.2. The summed E-state index contributed by atoms with van der Waals surface area (Å²) in [5, 5.41) is 13.1. The molecule has 0 aliphatic carbocycles. The summed E-state index contributed by atoms with van der Waals surface area (Å²) in [7, 11) is 0. The Bertz CT molecular complexity index is 766. The van der Waals surface area contributed by atoms with Crippen molar-refractivity contribution in [1.29, 1.82) is 0 Å². The first-order valence-corrected chi connectivity index (χ1v) is 7.57. The first-order chi connectivity index (χ1) is 12.0. The molecule has 0 radical (unpaired) electrons. The molecular formula is C17H17FN2O5. The smallest absolute Gasteiger partial charge is 0.271 e. The summed E-state index contributed by atoms with van der Waals surface area (Å²) < 4.78 is 24.4. The number of anilines is 1. The lowest BCUT2D eigenvalue weighted by Crippen LogP contribution is -2.13. The van der Waals surface area contributed by atoms with Gasteiger partial charge in [0.2, 0.25) is 0 Å². The van der Waals surface area contributed by atoms with E-state index in [4.69, 9.17) is 9.47 Å². The molecule has 2 rings (SSSR count). The van der Waals surface area contributed by atoms with E-state index in [2.05, 4.69) is 5.32 Å². The minimum atomic E-state index is -0.761. The van der Waals surface area contributed by atoms with E-state index >= 15 is 0 Å². The van der Waals surface area contributed by atoms with Crippen LogP contribution in [0.15, 0.2) is 42.5 Å². The Morgan fingerprint density at radius 2 is 2.04 bits per heavy atom. The van der Waals surface area contributed by atoms with E-state index in [1.165, 1.54) is 12.1 Å². The summed E-state index contributed by atoms with van der Waals surface area (Å²) >= 11 is 0. The largest absolute Gasteiger partial charge is 0.491 e. The molecule has 0 saturated carbocycles. The van der Waals surface area contributed by atoms with Crippen molar-refractivity contribution >= 4 is 17.3 Å². The monoisotopic (exact) mass is 348 g/mol. The zero-order valence-electron chi connectivity index (χ0n) is 13.5. The molecule has 2 aromatic rings. The number of rotatable bonds is 8. The van der Waals surface area contributed by atoms with Crippen LogP contribution >= 0.6 is 0 Å². The van der Waals surface area contributed by atoms with Gasteiger partial charge in [-0.1, -0.05) is 6.07 Å². The highest BCUT2D eigenvalue weighted by Crippen LogP contribution is 2.22. The maximum atomic E-state index is 13.8. The van der Waals surface area contributed by atoms with Crippen LogP contribution in [-0.4, -0.2) is 30.7 Å². The number of hydrogen-bond donors (Lipinski definition) is 1. The third kappa shape index (κ3) is 5.25. The van der Waals surface area contributed by atoms with Crippen LogP contribution in [0.5, 0.6) is 5.75 Å². The summed E-state index contributed by atoms with van der Waals surface area (Å²) in [5.41, 5.74) is -0.341. The van der Waals surface area contributed by atoms with Gasteiger partial charge in [-0.15, -0.1) is 0 Å². The van der Waals surface area contributed by atoms with E-state index in [1.54, 1.807) is 12.1 Å². The van der Waals surface area contributed by atoms with Crippen LogP contribution in [0.1, 0.15) is 17.3 Å². The number of nitro benzene ring substituents is 1. The molecule has 0 atom stereocenters. The molecule has 1 N–H and O–H groups in total. The quantitative estimate of drug-likeness (QED) is 0.448. The molecule has 0 spiro atoms. The highest BCUT2D eigenvalue weighted by molar-refractivity contribution is 6.04. The van der Waals surface area contributed by atoms with Crippen LogP contribution in [0.4, 0.5) is 15.8 Å². The predicted octanol–water partition coefficient (Wildman–Crippen LogP) is 3.40. The van der Waals surface area contributed by atoms with Crippen molar-refractivity contribution in [3.8, 4) is 5.75 Å². The van der Waals surface area contributed by atoms with Gasteiger partial charge in [-0.2, -0.15) is 0 Å². The number of carbonyl (C=O) groups excluding carboxylic acids is 1. The van der Waals surface area contributed by atoms with Gasteiger partial charge in [0.25, 0.3) is 11.6 Å². The van der Waals surface area contributed by atoms with Gasteiger partial charge < -0.3 is 14.8 Å². The van der Waals surface area contributed by atoms with E-state index < -0.39 is 16.6 Å². The summed E-state index contributed by atoms with van der Waals surface area (Å²) in [4.78, 5) is 22.3. The van der Waals surface area contributed by atoms with Crippen LogP contribution in [0.3, 0.4) is 0 Å². The van der Waals surface area contributed by atoms with Gasteiger partial charge in [-0.25, -0.2) is 4.39 Å². The summed E-state index contributed by atoms with van der Waals surface area (Å²) in [6.45, 7) is 3.21. The number of nitrogens with one attached hydrogen (secondary N) is 1. The molecule has 0 saturated heterocycles. The molecule has 0 aliphatic rings. The van der Waals surface area contributed by atoms with Gasteiger partial charge in [-0.3, -0.25) is 14.9 Å². The molecule has 8 heteroatoms. The van der Waals surface area contributed by atoms with Crippen LogP contribution < -0.4 is 10.1 Å². The number of nitrogens with zero attached hydrogens (tertiary/aromatic N) is 1. The zero-order valence-corrected chi connectivity index (χ0v) is 13.5. The fourth-order valence-electron chi connectivity index (χ4n) is 2.01. The topological polar surface area (TPSA) is 90.7 Å². The number of nitro groups is 1. The average Bonchev–Trinajstić information content (AvgIpc) is 2.60. The van der Waals surface area contributed by atoms with Gasteiger partial charge in [0, 0.05) is 24.3 Å². The number of benzene rings is 2. The number of amides is 1. The third-order valence-electron chi connectivity index (χ3n) is 3.21. The van der Waals surface area contributed by atoms with Gasteiger partial charge in [0.05, 0.1) is 17.2 Å². The molecule has 132 valence electrons. The Balaban J connectivity index is 2.08. The molecule has 0 aromatic heterocycles. The number of halogens is 1. The van der Waals surface area contributed by atoms with Crippen LogP contribution in [-0.2, 0) is 4.74 Å². The van der Waals surface area contributed by atoms with Crippen molar-refractivity contribution in [2.75, 3.05) is 25.1 Å². The Morgan fingerprint density at radius 3 is 2.76 bits per heavy atom. The SMILES string of the molecule is CCOCCOc1cccc(C(=O)Nc2cc([N+](=O)[O-])ccc2F)c1.